The van der Waals surface area contributed by atoms with Gasteiger partial charge in [0.1, 0.15) is 6.26 Å². The Kier molecular flexibility index (Phi) is 4.30. The number of carbonyl (C=O) groups excluding carboxylic acids is 1. The molecule has 2 fully saturated rings. The fraction of sp³-hybridized carbons (Fsp3) is 0.588. The number of hydrogen-bond acceptors (Lipinski definition) is 7. The normalized spacial score (nSPS) is 29.5. The van der Waals surface area contributed by atoms with Crippen LogP contribution in [0.1, 0.15) is 35.3 Å². The molecule has 0 amide bonds. The van der Waals surface area contributed by atoms with Crippen LogP contribution >= 0.6 is 0 Å². The van der Waals surface area contributed by atoms with Gasteiger partial charge >= 0.3 is 5.97 Å². The van der Waals surface area contributed by atoms with Crippen molar-refractivity contribution in [2.75, 3.05) is 20.2 Å². The molecule has 0 bridgehead atoms. The van der Waals surface area contributed by atoms with Gasteiger partial charge in [0.15, 0.2) is 5.69 Å². The van der Waals surface area contributed by atoms with Gasteiger partial charge in [-0.05, 0) is 30.7 Å². The lowest BCUT2D eigenvalue weighted by Crippen LogP contribution is -2.36. The molecule has 1 saturated carbocycles. The maximum Gasteiger partial charge on any atom is 0.360 e. The maximum absolute atomic E-state index is 11.5. The van der Waals surface area contributed by atoms with Gasteiger partial charge in [-0.1, -0.05) is 0 Å². The molecular formula is C17H22N4O4. The zero-order chi connectivity index (χ0) is 17.4. The number of fused-ring (bicyclic) bond motifs is 1. The fourth-order valence-corrected chi connectivity index (χ4v) is 4.17. The number of aromatic nitrogens is 3. The van der Waals surface area contributed by atoms with Gasteiger partial charge in [0.2, 0.25) is 5.89 Å². The number of rotatable bonds is 4. The summed E-state index contributed by atoms with van der Waals surface area (Å²) in [5.41, 5.74) is 0.197. The van der Waals surface area contributed by atoms with Crippen molar-refractivity contribution in [2.24, 2.45) is 11.8 Å². The van der Waals surface area contributed by atoms with E-state index in [2.05, 4.69) is 19.7 Å². The van der Waals surface area contributed by atoms with Crippen molar-refractivity contribution < 1.29 is 19.1 Å². The SMILES string of the molecule is COC(=O)c1coc(CN2C[C@H]3C[C@@H](n4cccn4)[C@H](O)C[C@H]3C2)n1. The summed E-state index contributed by atoms with van der Waals surface area (Å²) in [6, 6.07) is 1.94. The van der Waals surface area contributed by atoms with Gasteiger partial charge in [-0.2, -0.15) is 5.10 Å². The van der Waals surface area contributed by atoms with E-state index >= 15 is 0 Å². The molecule has 4 rings (SSSR count). The lowest BCUT2D eigenvalue weighted by Gasteiger charge is -2.35. The molecule has 0 aromatic carbocycles. The van der Waals surface area contributed by atoms with Crippen molar-refractivity contribution in [3.8, 4) is 0 Å². The molecule has 1 aliphatic carbocycles. The van der Waals surface area contributed by atoms with Gasteiger partial charge in [-0.3, -0.25) is 9.58 Å². The molecule has 2 aromatic rings. The van der Waals surface area contributed by atoms with Gasteiger partial charge in [-0.25, -0.2) is 9.78 Å². The van der Waals surface area contributed by atoms with E-state index in [0.717, 1.165) is 25.9 Å². The lowest BCUT2D eigenvalue weighted by atomic mass is 9.77. The van der Waals surface area contributed by atoms with Crippen molar-refractivity contribution in [1.29, 1.82) is 0 Å². The Morgan fingerprint density at radius 1 is 1.40 bits per heavy atom. The Balaban J connectivity index is 1.39. The highest BCUT2D eigenvalue weighted by atomic mass is 16.5. The molecule has 0 unspecified atom stereocenters. The predicted molar refractivity (Wildman–Crippen MR) is 86.6 cm³/mol. The smallest absolute Gasteiger partial charge is 0.360 e. The van der Waals surface area contributed by atoms with Crippen molar-refractivity contribution in [3.63, 3.8) is 0 Å². The van der Waals surface area contributed by atoms with Crippen molar-refractivity contribution >= 4 is 5.97 Å². The average molecular weight is 346 g/mol. The molecule has 3 heterocycles. The van der Waals surface area contributed by atoms with Crippen molar-refractivity contribution in [3.05, 3.63) is 36.3 Å². The molecule has 8 nitrogen and oxygen atoms in total. The maximum atomic E-state index is 11.5. The predicted octanol–water partition coefficient (Wildman–Crippen LogP) is 1.10. The molecule has 1 aliphatic heterocycles. The zero-order valence-corrected chi connectivity index (χ0v) is 14.1. The van der Waals surface area contributed by atoms with Crippen LogP contribution in [0.3, 0.4) is 0 Å². The number of hydrogen-bond donors (Lipinski definition) is 1. The summed E-state index contributed by atoms with van der Waals surface area (Å²) in [6.45, 7) is 2.40. The molecule has 0 radical (unpaired) electrons. The number of methoxy groups -OCH3 is 1. The summed E-state index contributed by atoms with van der Waals surface area (Å²) in [5, 5.41) is 14.8. The number of aliphatic hydroxyl groups excluding tert-OH is 1. The standard InChI is InChI=1S/C17H22N4O4/c1-24-17(23)13-10-25-16(19-13)9-20-7-11-5-14(21-4-2-3-18-21)15(22)6-12(11)8-20/h2-4,10-12,14-15,22H,5-9H2,1H3/t11-,12+,14-,15-/m1/s1. The number of ether oxygens (including phenoxy) is 1. The molecule has 25 heavy (non-hydrogen) atoms. The highest BCUT2D eigenvalue weighted by Gasteiger charge is 2.42. The second kappa shape index (κ2) is 6.61. The van der Waals surface area contributed by atoms with Crippen LogP contribution in [0.25, 0.3) is 0 Å². The minimum Gasteiger partial charge on any atom is -0.464 e. The highest BCUT2D eigenvalue weighted by molar-refractivity contribution is 5.86. The molecule has 8 heteroatoms. The summed E-state index contributed by atoms with van der Waals surface area (Å²) in [6.07, 6.45) is 6.34. The number of nitrogens with zero attached hydrogens (tertiary/aromatic N) is 4. The summed E-state index contributed by atoms with van der Waals surface area (Å²) < 4.78 is 11.9. The summed E-state index contributed by atoms with van der Waals surface area (Å²) in [5.74, 6) is 1.02. The summed E-state index contributed by atoms with van der Waals surface area (Å²) in [4.78, 5) is 17.9. The van der Waals surface area contributed by atoms with Gasteiger partial charge in [0.25, 0.3) is 0 Å². The Labute approximate surface area is 145 Å². The monoisotopic (exact) mass is 346 g/mol. The Bertz CT molecular complexity index is 729. The van der Waals surface area contributed by atoms with Crippen molar-refractivity contribution in [1.82, 2.24) is 19.7 Å². The van der Waals surface area contributed by atoms with Crippen LogP contribution in [0.15, 0.2) is 29.1 Å². The topological polar surface area (TPSA) is 93.6 Å². The van der Waals surface area contributed by atoms with Gasteiger partial charge < -0.3 is 14.3 Å². The Hall–Kier alpha value is -2.19. The molecule has 2 aromatic heterocycles. The quantitative estimate of drug-likeness (QED) is 0.829. The van der Waals surface area contributed by atoms with Crippen LogP contribution in [0.5, 0.6) is 0 Å². The van der Waals surface area contributed by atoms with Gasteiger partial charge in [-0.15, -0.1) is 0 Å². The average Bonchev–Trinajstić information content (AvgIpc) is 3.33. The van der Waals surface area contributed by atoms with Crippen molar-refractivity contribution in [2.45, 2.75) is 31.5 Å². The van der Waals surface area contributed by atoms with E-state index in [1.54, 1.807) is 6.20 Å². The van der Waals surface area contributed by atoms with E-state index in [1.807, 2.05) is 16.9 Å². The van der Waals surface area contributed by atoms with Crippen LogP contribution in [-0.2, 0) is 11.3 Å². The first kappa shape index (κ1) is 16.3. The fourth-order valence-electron chi connectivity index (χ4n) is 4.17. The van der Waals surface area contributed by atoms with E-state index in [9.17, 15) is 9.90 Å². The third-order valence-electron chi connectivity index (χ3n) is 5.35. The second-order valence-corrected chi connectivity index (χ2v) is 6.92. The number of likely N-dealkylation sites (tertiary alicyclic amines) is 1. The van der Waals surface area contributed by atoms with Crippen LogP contribution in [0.4, 0.5) is 0 Å². The van der Waals surface area contributed by atoms with Gasteiger partial charge in [0, 0.05) is 25.5 Å². The summed E-state index contributed by atoms with van der Waals surface area (Å²) >= 11 is 0. The number of aliphatic hydroxyl groups is 1. The molecule has 4 atom stereocenters. The number of esters is 1. The van der Waals surface area contributed by atoms with E-state index in [4.69, 9.17) is 4.42 Å². The molecule has 0 spiro atoms. The first-order valence-corrected chi connectivity index (χ1v) is 8.56. The first-order valence-electron chi connectivity index (χ1n) is 8.56. The third-order valence-corrected chi connectivity index (χ3v) is 5.35. The third kappa shape index (κ3) is 3.19. The second-order valence-electron chi connectivity index (χ2n) is 6.92. The minimum absolute atomic E-state index is 0.0452. The zero-order valence-electron chi connectivity index (χ0n) is 14.1. The number of oxazole rings is 1. The minimum atomic E-state index is -0.490. The Morgan fingerprint density at radius 3 is 2.92 bits per heavy atom. The van der Waals surface area contributed by atoms with Crippen LogP contribution < -0.4 is 0 Å². The summed E-state index contributed by atoms with van der Waals surface area (Å²) in [7, 11) is 1.32. The Morgan fingerprint density at radius 2 is 2.20 bits per heavy atom. The van der Waals surface area contributed by atoms with E-state index < -0.39 is 5.97 Å². The first-order chi connectivity index (χ1) is 12.1. The molecule has 134 valence electrons. The molecule has 2 aliphatic rings. The highest BCUT2D eigenvalue weighted by Crippen LogP contribution is 2.41. The van der Waals surface area contributed by atoms with Crippen LogP contribution in [-0.4, -0.2) is 57.0 Å². The molecule has 1 N–H and O–H groups in total. The van der Waals surface area contributed by atoms with E-state index in [0.29, 0.717) is 24.3 Å². The molecule has 1 saturated heterocycles. The lowest BCUT2D eigenvalue weighted by molar-refractivity contribution is 0.0306. The van der Waals surface area contributed by atoms with Crippen LogP contribution in [0.2, 0.25) is 0 Å². The van der Waals surface area contributed by atoms with E-state index in [-0.39, 0.29) is 17.8 Å². The van der Waals surface area contributed by atoms with Crippen LogP contribution in [0, 0.1) is 11.8 Å². The largest absolute Gasteiger partial charge is 0.464 e. The molecular weight excluding hydrogens is 324 g/mol. The number of carbonyl (C=O) groups is 1. The van der Waals surface area contributed by atoms with E-state index in [1.165, 1.54) is 13.4 Å². The van der Waals surface area contributed by atoms with Gasteiger partial charge in [0.05, 0.1) is 25.8 Å².